The highest BCUT2D eigenvalue weighted by Gasteiger charge is 2.14. The molecular weight excluding hydrogens is 238 g/mol. The summed E-state index contributed by atoms with van der Waals surface area (Å²) in [7, 11) is 1.74. The van der Waals surface area contributed by atoms with Crippen molar-refractivity contribution in [2.45, 2.75) is 19.5 Å². The molecule has 0 amide bonds. The van der Waals surface area contributed by atoms with Crippen LogP contribution in [0, 0.1) is 0 Å². The fourth-order valence-electron chi connectivity index (χ4n) is 2.49. The van der Waals surface area contributed by atoms with Crippen LogP contribution in [0.2, 0.25) is 0 Å². The Morgan fingerprint density at radius 1 is 1.32 bits per heavy atom. The summed E-state index contributed by atoms with van der Waals surface area (Å²) in [4.78, 5) is 4.49. The van der Waals surface area contributed by atoms with Crippen molar-refractivity contribution in [3.63, 3.8) is 0 Å². The molecule has 1 aromatic heterocycles. The number of hydrogen-bond donors (Lipinski definition) is 1. The van der Waals surface area contributed by atoms with Crippen LogP contribution in [0.1, 0.15) is 11.4 Å². The maximum Gasteiger partial charge on any atom is 0.123 e. The van der Waals surface area contributed by atoms with Crippen molar-refractivity contribution in [1.29, 1.82) is 0 Å². The lowest BCUT2D eigenvalue weighted by Crippen LogP contribution is -2.28. The Morgan fingerprint density at radius 3 is 2.95 bits per heavy atom. The number of nitrogens with zero attached hydrogens (tertiary/aromatic N) is 2. The molecule has 0 unspecified atom stereocenters. The normalized spacial score (nSPS) is 14.4. The average Bonchev–Trinajstić information content (AvgIpc) is 2.90. The van der Waals surface area contributed by atoms with Gasteiger partial charge in [0.2, 0.25) is 0 Å². The number of hydrogen-bond acceptors (Lipinski definition) is 3. The van der Waals surface area contributed by atoms with Crippen LogP contribution in [-0.4, -0.2) is 29.8 Å². The summed E-state index contributed by atoms with van der Waals surface area (Å²) in [5.41, 5.74) is 3.77. The third-order valence-electron chi connectivity index (χ3n) is 3.58. The molecule has 2 heterocycles. The van der Waals surface area contributed by atoms with Crippen LogP contribution in [0.15, 0.2) is 30.5 Å². The van der Waals surface area contributed by atoms with Crippen molar-refractivity contribution in [2.24, 2.45) is 0 Å². The Bertz CT molecular complexity index is 545. The molecule has 4 heteroatoms. The minimum atomic E-state index is 0.771. The predicted molar refractivity (Wildman–Crippen MR) is 74.9 cm³/mol. The summed E-state index contributed by atoms with van der Waals surface area (Å²) in [5, 5.41) is 3.34. The van der Waals surface area contributed by atoms with Crippen molar-refractivity contribution in [2.75, 3.05) is 20.3 Å². The Kier molecular flexibility index (Phi) is 3.62. The minimum absolute atomic E-state index is 0.771. The monoisotopic (exact) mass is 257 g/mol. The van der Waals surface area contributed by atoms with E-state index in [9.17, 15) is 0 Å². The molecule has 4 nitrogen and oxygen atoms in total. The highest BCUT2D eigenvalue weighted by molar-refractivity contribution is 5.60. The van der Waals surface area contributed by atoms with Crippen LogP contribution >= 0.6 is 0 Å². The maximum atomic E-state index is 5.10. The second-order valence-corrected chi connectivity index (χ2v) is 4.83. The Labute approximate surface area is 113 Å². The fourth-order valence-corrected chi connectivity index (χ4v) is 2.49. The molecule has 0 atom stereocenters. The van der Waals surface area contributed by atoms with E-state index in [4.69, 9.17) is 4.74 Å². The molecule has 0 saturated carbocycles. The Balaban J connectivity index is 1.84. The number of ether oxygens (including phenoxy) is 1. The van der Waals surface area contributed by atoms with E-state index >= 15 is 0 Å². The van der Waals surface area contributed by atoms with Crippen LogP contribution in [0.25, 0.3) is 11.3 Å². The first-order chi connectivity index (χ1) is 9.38. The fraction of sp³-hybridized carbons (Fsp3) is 0.400. The van der Waals surface area contributed by atoms with Gasteiger partial charge in [-0.05, 0) is 17.5 Å². The van der Waals surface area contributed by atoms with Gasteiger partial charge in [0.15, 0.2) is 0 Å². The van der Waals surface area contributed by atoms with Crippen molar-refractivity contribution >= 4 is 0 Å². The van der Waals surface area contributed by atoms with Crippen molar-refractivity contribution in [3.05, 3.63) is 41.9 Å². The zero-order valence-corrected chi connectivity index (χ0v) is 11.2. The first-order valence-corrected chi connectivity index (χ1v) is 6.72. The van der Waals surface area contributed by atoms with E-state index in [1.54, 1.807) is 7.11 Å². The van der Waals surface area contributed by atoms with Gasteiger partial charge in [0, 0.05) is 20.2 Å². The number of imidazole rings is 1. The van der Waals surface area contributed by atoms with Gasteiger partial charge in [0.25, 0.3) is 0 Å². The molecule has 1 N–H and O–H groups in total. The van der Waals surface area contributed by atoms with E-state index in [0.717, 1.165) is 38.5 Å². The number of aromatic nitrogens is 2. The highest BCUT2D eigenvalue weighted by Crippen LogP contribution is 2.22. The first-order valence-electron chi connectivity index (χ1n) is 6.72. The summed E-state index contributed by atoms with van der Waals surface area (Å²) < 4.78 is 7.41. The predicted octanol–water partition coefficient (Wildman–Crippen LogP) is 1.84. The van der Waals surface area contributed by atoms with E-state index < -0.39 is 0 Å². The number of methoxy groups -OCH3 is 1. The number of fused-ring (bicyclic) bond motifs is 1. The third-order valence-corrected chi connectivity index (χ3v) is 3.58. The van der Waals surface area contributed by atoms with Gasteiger partial charge >= 0.3 is 0 Å². The second-order valence-electron chi connectivity index (χ2n) is 4.83. The van der Waals surface area contributed by atoms with Gasteiger partial charge in [-0.25, -0.2) is 4.98 Å². The molecule has 1 aliphatic heterocycles. The lowest BCUT2D eigenvalue weighted by atomic mass is 10.1. The summed E-state index contributed by atoms with van der Waals surface area (Å²) in [6.07, 6.45) is 2.94. The largest absolute Gasteiger partial charge is 0.384 e. The van der Waals surface area contributed by atoms with E-state index in [0.29, 0.717) is 0 Å². The van der Waals surface area contributed by atoms with E-state index in [1.807, 2.05) is 6.20 Å². The molecule has 1 aliphatic rings. The molecule has 0 radical (unpaired) electrons. The molecule has 2 aromatic rings. The van der Waals surface area contributed by atoms with Crippen LogP contribution in [0.5, 0.6) is 0 Å². The number of rotatable bonds is 4. The topological polar surface area (TPSA) is 39.1 Å². The van der Waals surface area contributed by atoms with Gasteiger partial charge in [-0.3, -0.25) is 0 Å². The molecule has 1 aromatic carbocycles. The van der Waals surface area contributed by atoms with Crippen LogP contribution in [0.4, 0.5) is 0 Å². The van der Waals surface area contributed by atoms with Crippen molar-refractivity contribution in [1.82, 2.24) is 14.9 Å². The molecule has 0 spiro atoms. The quantitative estimate of drug-likeness (QED) is 0.908. The van der Waals surface area contributed by atoms with Crippen molar-refractivity contribution in [3.8, 4) is 11.3 Å². The zero-order chi connectivity index (χ0) is 13.1. The lowest BCUT2D eigenvalue weighted by Gasteiger charge is -2.17. The van der Waals surface area contributed by atoms with Crippen molar-refractivity contribution < 1.29 is 4.74 Å². The summed E-state index contributed by atoms with van der Waals surface area (Å²) >= 11 is 0. The van der Waals surface area contributed by atoms with Crippen LogP contribution in [-0.2, 0) is 24.2 Å². The SMILES string of the molecule is COCCc1ccc(-c2cnc3n2CCNC3)cc1. The molecule has 100 valence electrons. The van der Waals surface area contributed by atoms with E-state index in [2.05, 4.69) is 39.1 Å². The van der Waals surface area contributed by atoms with Gasteiger partial charge in [0.05, 0.1) is 25.0 Å². The van der Waals surface area contributed by atoms with Gasteiger partial charge in [0.1, 0.15) is 5.82 Å². The smallest absolute Gasteiger partial charge is 0.123 e. The summed E-state index contributed by atoms with van der Waals surface area (Å²) in [5.74, 6) is 1.13. The molecule has 19 heavy (non-hydrogen) atoms. The maximum absolute atomic E-state index is 5.10. The Hall–Kier alpha value is -1.65. The summed E-state index contributed by atoms with van der Waals surface area (Å²) in [6, 6.07) is 8.71. The van der Waals surface area contributed by atoms with Crippen LogP contribution in [0.3, 0.4) is 0 Å². The number of nitrogens with one attached hydrogen (secondary N) is 1. The summed E-state index contributed by atoms with van der Waals surface area (Å²) in [6.45, 7) is 3.65. The van der Waals surface area contributed by atoms with Crippen LogP contribution < -0.4 is 5.32 Å². The molecule has 3 rings (SSSR count). The lowest BCUT2D eigenvalue weighted by molar-refractivity contribution is 0.202. The highest BCUT2D eigenvalue weighted by atomic mass is 16.5. The molecule has 0 bridgehead atoms. The molecule has 0 aliphatic carbocycles. The number of benzene rings is 1. The van der Waals surface area contributed by atoms with Gasteiger partial charge < -0.3 is 14.6 Å². The van der Waals surface area contributed by atoms with E-state index in [1.165, 1.54) is 16.8 Å². The van der Waals surface area contributed by atoms with E-state index in [-0.39, 0.29) is 0 Å². The van der Waals surface area contributed by atoms with Gasteiger partial charge in [-0.2, -0.15) is 0 Å². The molecular formula is C15H19N3O. The minimum Gasteiger partial charge on any atom is -0.384 e. The standard InChI is InChI=1S/C15H19N3O/c1-19-9-6-12-2-4-13(5-3-12)14-10-17-15-11-16-7-8-18(14)15/h2-5,10,16H,6-9,11H2,1H3. The molecule has 0 saturated heterocycles. The zero-order valence-electron chi connectivity index (χ0n) is 11.2. The average molecular weight is 257 g/mol. The molecule has 0 fully saturated rings. The Morgan fingerprint density at radius 2 is 2.16 bits per heavy atom. The van der Waals surface area contributed by atoms with Gasteiger partial charge in [-0.15, -0.1) is 0 Å². The third kappa shape index (κ3) is 2.55. The first kappa shape index (κ1) is 12.4. The van der Waals surface area contributed by atoms with Gasteiger partial charge in [-0.1, -0.05) is 24.3 Å². The second kappa shape index (κ2) is 5.55.